The average Bonchev–Trinajstić information content (AvgIpc) is 3.22. The van der Waals surface area contributed by atoms with E-state index >= 15 is 0 Å². The molecule has 0 saturated heterocycles. The number of hydrogen-bond donors (Lipinski definition) is 0. The number of hydrogen-bond acceptors (Lipinski definition) is 4. The second-order valence-corrected chi connectivity index (χ2v) is 16.6. The van der Waals surface area contributed by atoms with Gasteiger partial charge < -0.3 is 20.0 Å². The highest BCUT2D eigenvalue weighted by Crippen LogP contribution is 2.51. The number of fused-ring (bicyclic) bond motifs is 4. The molecule has 0 amide bonds. The number of nitrogens with zero attached hydrogens (tertiary/aromatic N) is 2. The lowest BCUT2D eigenvalue weighted by Gasteiger charge is -2.62. The van der Waals surface area contributed by atoms with E-state index in [1.54, 1.807) is 0 Å². The van der Waals surface area contributed by atoms with Crippen molar-refractivity contribution in [2.75, 3.05) is 36.0 Å². The summed E-state index contributed by atoms with van der Waals surface area (Å²) < 4.78 is 0. The van der Waals surface area contributed by atoms with Gasteiger partial charge in [-0.2, -0.15) is 0 Å². The monoisotopic (exact) mass is 748 g/mol. The van der Waals surface area contributed by atoms with Gasteiger partial charge >= 0.3 is 0 Å². The van der Waals surface area contributed by atoms with Crippen molar-refractivity contribution in [1.82, 2.24) is 0 Å². The molecule has 0 unspecified atom stereocenters. The van der Waals surface area contributed by atoms with E-state index in [1.165, 1.54) is 84.3 Å². The molecule has 0 spiro atoms. The number of benzene rings is 6. The Morgan fingerprint density at radius 3 is 1.00 bits per heavy atom. The quantitative estimate of drug-likeness (QED) is 0.0576. The molecule has 0 radical (unpaired) electrons. The summed E-state index contributed by atoms with van der Waals surface area (Å²) in [7, 11) is 0. The summed E-state index contributed by atoms with van der Waals surface area (Å²) in [4.78, 5) is 5.15. The van der Waals surface area contributed by atoms with Gasteiger partial charge in [-0.15, -0.1) is 12.2 Å². The molecule has 4 nitrogen and oxygen atoms in total. The van der Waals surface area contributed by atoms with Crippen LogP contribution in [0.3, 0.4) is 0 Å². The molecule has 6 aromatic rings. The van der Waals surface area contributed by atoms with Gasteiger partial charge in [-0.3, -0.25) is 0 Å². The Morgan fingerprint density at radius 2 is 0.696 bits per heavy atom. The molecule has 296 valence electrons. The van der Waals surface area contributed by atoms with Gasteiger partial charge in [0.05, 0.1) is 0 Å². The molecule has 0 aromatic heterocycles. The highest BCUT2D eigenvalue weighted by atomic mass is 16.3. The largest absolute Gasteiger partial charge is 0.851 e. The standard InChI is InChI=1S/C52H64N2O2/c1-5-9-17-29-53(30-18-10-6-2)47-27-25-41(43-33-37-21-13-15-23-39(37)35-45(43)47)49-51(55)50(52(49)56)42-26-28-48(54(31-19-11-7-3)32-20-12-8-4)46-36-40-24-16-14-22-38(40)34-44(42)46/h13-16,21-28,33-36,49-52H,5-12,17-20,29-32H2,1-4H3/q-2. The molecule has 0 heterocycles. The fourth-order valence-corrected chi connectivity index (χ4v) is 9.51. The summed E-state index contributed by atoms with van der Waals surface area (Å²) in [6.07, 6.45) is 12.2. The van der Waals surface area contributed by atoms with Gasteiger partial charge in [-0.1, -0.05) is 140 Å². The first-order valence-electron chi connectivity index (χ1n) is 22.2. The zero-order valence-corrected chi connectivity index (χ0v) is 34.6. The third-order valence-corrected chi connectivity index (χ3v) is 12.7. The zero-order valence-electron chi connectivity index (χ0n) is 34.6. The maximum atomic E-state index is 14.8. The van der Waals surface area contributed by atoms with Crippen LogP contribution in [0.2, 0.25) is 0 Å². The van der Waals surface area contributed by atoms with Gasteiger partial charge in [0.15, 0.2) is 0 Å². The van der Waals surface area contributed by atoms with Crippen molar-refractivity contribution in [2.45, 2.75) is 129 Å². The minimum absolute atomic E-state index is 0.596. The topological polar surface area (TPSA) is 52.6 Å². The van der Waals surface area contributed by atoms with Gasteiger partial charge in [-0.25, -0.2) is 0 Å². The normalized spacial score (nSPS) is 18.2. The van der Waals surface area contributed by atoms with Crippen LogP contribution in [-0.2, 0) is 0 Å². The van der Waals surface area contributed by atoms with Crippen molar-refractivity contribution in [3.8, 4) is 0 Å². The fraction of sp³-hybridized carbons (Fsp3) is 0.462. The van der Waals surface area contributed by atoms with Crippen LogP contribution < -0.4 is 20.0 Å². The third kappa shape index (κ3) is 8.29. The van der Waals surface area contributed by atoms with E-state index in [0.29, 0.717) is 0 Å². The Morgan fingerprint density at radius 1 is 0.393 bits per heavy atom. The number of rotatable bonds is 20. The van der Waals surface area contributed by atoms with Crippen molar-refractivity contribution < 1.29 is 10.2 Å². The number of anilines is 2. The predicted octanol–water partition coefficient (Wildman–Crippen LogP) is 12.0. The molecule has 0 N–H and O–H groups in total. The first kappa shape index (κ1) is 40.1. The van der Waals surface area contributed by atoms with Crippen LogP contribution in [0, 0.1) is 0 Å². The van der Waals surface area contributed by atoms with Crippen LogP contribution in [0.1, 0.15) is 128 Å². The Balaban J connectivity index is 1.29. The second-order valence-electron chi connectivity index (χ2n) is 16.6. The minimum atomic E-state index is -1.02. The average molecular weight is 749 g/mol. The first-order chi connectivity index (χ1) is 27.5. The molecular weight excluding hydrogens is 685 g/mol. The van der Waals surface area contributed by atoms with Crippen molar-refractivity contribution in [3.63, 3.8) is 0 Å². The van der Waals surface area contributed by atoms with Crippen LogP contribution >= 0.6 is 0 Å². The molecule has 0 aliphatic heterocycles. The Bertz CT molecular complexity index is 2020. The molecular formula is C52H64N2O2-2. The summed E-state index contributed by atoms with van der Waals surface area (Å²) in [5.74, 6) is -1.19. The van der Waals surface area contributed by atoms with E-state index in [-0.39, 0.29) is 0 Å². The molecule has 4 heteroatoms. The van der Waals surface area contributed by atoms with Crippen LogP contribution in [-0.4, -0.2) is 38.4 Å². The molecule has 1 fully saturated rings. The van der Waals surface area contributed by atoms with Crippen LogP contribution in [0.5, 0.6) is 0 Å². The molecule has 1 aliphatic rings. The Hall–Kier alpha value is -4.12. The van der Waals surface area contributed by atoms with E-state index in [9.17, 15) is 10.2 Å². The minimum Gasteiger partial charge on any atom is -0.851 e. The van der Waals surface area contributed by atoms with Crippen molar-refractivity contribution in [3.05, 3.63) is 108 Å². The Kier molecular flexibility index (Phi) is 13.5. The molecule has 0 atom stereocenters. The van der Waals surface area contributed by atoms with Gasteiger partial charge in [0.1, 0.15) is 0 Å². The van der Waals surface area contributed by atoms with E-state index in [1.807, 2.05) is 0 Å². The molecule has 7 rings (SSSR count). The van der Waals surface area contributed by atoms with Crippen LogP contribution in [0.25, 0.3) is 43.1 Å². The van der Waals surface area contributed by atoms with E-state index < -0.39 is 24.0 Å². The van der Waals surface area contributed by atoms with Crippen LogP contribution in [0.4, 0.5) is 11.4 Å². The third-order valence-electron chi connectivity index (χ3n) is 12.7. The van der Waals surface area contributed by atoms with E-state index in [2.05, 4.69) is 135 Å². The van der Waals surface area contributed by atoms with E-state index in [0.717, 1.165) is 84.5 Å². The van der Waals surface area contributed by atoms with E-state index in [4.69, 9.17) is 0 Å². The smallest absolute Gasteiger partial charge is 0.0446 e. The van der Waals surface area contributed by atoms with Gasteiger partial charge in [0, 0.05) is 48.3 Å². The second kappa shape index (κ2) is 18.9. The lowest BCUT2D eigenvalue weighted by molar-refractivity contribution is -0.535. The van der Waals surface area contributed by atoms with Crippen molar-refractivity contribution >= 4 is 54.5 Å². The van der Waals surface area contributed by atoms with Gasteiger partial charge in [0.25, 0.3) is 0 Å². The van der Waals surface area contributed by atoms with Gasteiger partial charge in [0.2, 0.25) is 0 Å². The maximum absolute atomic E-state index is 14.8. The van der Waals surface area contributed by atoms with Gasteiger partial charge in [-0.05, 0) is 117 Å². The summed E-state index contributed by atoms with van der Waals surface area (Å²) in [6, 6.07) is 35.0. The lowest BCUT2D eigenvalue weighted by Crippen LogP contribution is -2.63. The molecule has 56 heavy (non-hydrogen) atoms. The molecule has 0 bridgehead atoms. The zero-order chi connectivity index (χ0) is 39.0. The summed E-state index contributed by atoms with van der Waals surface area (Å²) in [5.41, 5.74) is 4.33. The maximum Gasteiger partial charge on any atom is 0.0446 e. The molecule has 1 saturated carbocycles. The summed E-state index contributed by atoms with van der Waals surface area (Å²) >= 11 is 0. The first-order valence-corrected chi connectivity index (χ1v) is 22.2. The molecule has 6 aromatic carbocycles. The summed E-state index contributed by atoms with van der Waals surface area (Å²) in [5, 5.41) is 38.8. The highest BCUT2D eigenvalue weighted by Gasteiger charge is 2.40. The number of unbranched alkanes of at least 4 members (excludes halogenated alkanes) is 8. The van der Waals surface area contributed by atoms with Crippen molar-refractivity contribution in [1.29, 1.82) is 0 Å². The predicted molar refractivity (Wildman–Crippen MR) is 238 cm³/mol. The highest BCUT2D eigenvalue weighted by molar-refractivity contribution is 6.07. The lowest BCUT2D eigenvalue weighted by atomic mass is 9.62. The summed E-state index contributed by atoms with van der Waals surface area (Å²) in [6.45, 7) is 13.1. The SMILES string of the molecule is CCCCCN(CCCCC)c1ccc(C2C([O-])C(c3ccc(N(CCCCC)CCCCC)c4cc5ccccc5cc34)C2[O-])c2cc3ccccc3cc12. The molecule has 1 aliphatic carbocycles. The Labute approximate surface area is 336 Å². The van der Waals surface area contributed by atoms with Crippen LogP contribution in [0.15, 0.2) is 97.1 Å². The van der Waals surface area contributed by atoms with Crippen molar-refractivity contribution in [2.24, 2.45) is 0 Å². The fourth-order valence-electron chi connectivity index (χ4n) is 9.51.